The summed E-state index contributed by atoms with van der Waals surface area (Å²) in [4.78, 5) is 21.4. The van der Waals surface area contributed by atoms with Gasteiger partial charge < -0.3 is 5.32 Å². The number of nitrogens with zero attached hydrogens (tertiary/aromatic N) is 3. The van der Waals surface area contributed by atoms with Gasteiger partial charge in [-0.05, 0) is 34.4 Å². The summed E-state index contributed by atoms with van der Waals surface area (Å²) in [5, 5.41) is 14.6. The molecule has 4 aromatic rings. The monoisotopic (exact) mass is 445 g/mol. The maximum atomic E-state index is 13.0. The molecule has 0 amide bonds. The predicted molar refractivity (Wildman–Crippen MR) is 134 cm³/mol. The Morgan fingerprint density at radius 1 is 0.912 bits per heavy atom. The second-order valence-corrected chi connectivity index (χ2v) is 7.59. The first-order chi connectivity index (χ1) is 16.7. The minimum absolute atomic E-state index is 0.0588. The molecule has 4 rings (SSSR count). The molecule has 0 spiro atoms. The molecule has 0 radical (unpaired) electrons. The van der Waals surface area contributed by atoms with E-state index in [0.717, 1.165) is 27.9 Å². The van der Waals surface area contributed by atoms with Crippen LogP contribution in [-0.4, -0.2) is 16.7 Å². The van der Waals surface area contributed by atoms with Gasteiger partial charge in [0.15, 0.2) is 12.0 Å². The van der Waals surface area contributed by atoms with Crippen molar-refractivity contribution in [2.45, 2.75) is 13.0 Å². The van der Waals surface area contributed by atoms with Crippen LogP contribution >= 0.6 is 0 Å². The van der Waals surface area contributed by atoms with Crippen LogP contribution in [0.1, 0.15) is 21.5 Å². The Bertz CT molecular complexity index is 1310. The van der Waals surface area contributed by atoms with E-state index in [4.69, 9.17) is 5.26 Å². The number of nitriles is 1. The van der Waals surface area contributed by atoms with Crippen LogP contribution in [0.15, 0.2) is 108 Å². The highest BCUT2D eigenvalue weighted by molar-refractivity contribution is 5.98. The highest BCUT2D eigenvalue weighted by Crippen LogP contribution is 2.24. The van der Waals surface area contributed by atoms with Gasteiger partial charge in [0.2, 0.25) is 5.96 Å². The highest BCUT2D eigenvalue weighted by atomic mass is 16.1. The molecule has 0 bridgehead atoms. The third kappa shape index (κ3) is 5.93. The molecule has 1 aromatic heterocycles. The molecule has 0 saturated carbocycles. The zero-order valence-electron chi connectivity index (χ0n) is 18.5. The number of hydrogen-bond acceptors (Lipinski definition) is 4. The molecule has 0 fully saturated rings. The van der Waals surface area contributed by atoms with Gasteiger partial charge in [0, 0.05) is 18.2 Å². The zero-order valence-corrected chi connectivity index (χ0v) is 18.5. The molecular weight excluding hydrogens is 422 g/mol. The summed E-state index contributed by atoms with van der Waals surface area (Å²) in [6.45, 7) is 0.350. The Kier molecular flexibility index (Phi) is 7.40. The number of nitrogens with one attached hydrogen (secondary N) is 2. The van der Waals surface area contributed by atoms with Crippen molar-refractivity contribution in [2.75, 3.05) is 5.32 Å². The normalized spacial score (nSPS) is 10.9. The number of hydrogen-bond donors (Lipinski definition) is 2. The van der Waals surface area contributed by atoms with Crippen LogP contribution in [0.2, 0.25) is 0 Å². The lowest BCUT2D eigenvalue weighted by Crippen LogP contribution is -2.26. The van der Waals surface area contributed by atoms with Gasteiger partial charge in [0.25, 0.3) is 0 Å². The lowest BCUT2D eigenvalue weighted by molar-refractivity contribution is 0.0993. The lowest BCUT2D eigenvalue weighted by atomic mass is 9.94. The van der Waals surface area contributed by atoms with E-state index in [2.05, 4.69) is 32.7 Å². The molecule has 1 heterocycles. The standard InChI is InChI=1S/C28H23N5O/c29-20-32-28(33-25-10-6-16-30-19-25)31-18-21-12-14-23(15-13-21)27(34)17-24-9-4-5-11-26(24)22-7-2-1-3-8-22/h1-16,19H,17-18H2,(H2,31,32,33). The van der Waals surface area contributed by atoms with E-state index in [0.29, 0.717) is 24.5 Å². The number of benzene rings is 3. The molecule has 166 valence electrons. The minimum Gasteiger partial charge on any atom is -0.324 e. The predicted octanol–water partition coefficient (Wildman–Crippen LogP) is 5.21. The molecular formula is C28H23N5O. The Morgan fingerprint density at radius 3 is 2.41 bits per heavy atom. The van der Waals surface area contributed by atoms with Gasteiger partial charge in [-0.15, -0.1) is 0 Å². The fraction of sp³-hybridized carbons (Fsp3) is 0.0714. The van der Waals surface area contributed by atoms with Gasteiger partial charge in [-0.2, -0.15) is 5.26 Å². The van der Waals surface area contributed by atoms with Crippen molar-refractivity contribution in [3.05, 3.63) is 120 Å². The number of aromatic nitrogens is 1. The van der Waals surface area contributed by atoms with E-state index in [-0.39, 0.29) is 5.78 Å². The smallest absolute Gasteiger partial charge is 0.209 e. The Morgan fingerprint density at radius 2 is 1.68 bits per heavy atom. The molecule has 0 unspecified atom stereocenters. The van der Waals surface area contributed by atoms with Crippen molar-refractivity contribution < 1.29 is 4.79 Å². The number of guanidine groups is 1. The minimum atomic E-state index is 0.0588. The maximum Gasteiger partial charge on any atom is 0.209 e. The Labute approximate surface area is 198 Å². The fourth-order valence-electron chi connectivity index (χ4n) is 3.55. The van der Waals surface area contributed by atoms with Gasteiger partial charge in [0.1, 0.15) is 0 Å². The van der Waals surface area contributed by atoms with Gasteiger partial charge in [-0.25, -0.2) is 4.99 Å². The van der Waals surface area contributed by atoms with E-state index in [1.54, 1.807) is 18.5 Å². The van der Waals surface area contributed by atoms with E-state index in [1.807, 2.05) is 79.0 Å². The van der Waals surface area contributed by atoms with Crippen LogP contribution in [0.4, 0.5) is 5.69 Å². The molecule has 2 N–H and O–H groups in total. The first kappa shape index (κ1) is 22.4. The van der Waals surface area contributed by atoms with Crippen molar-refractivity contribution in [1.82, 2.24) is 10.3 Å². The number of carbonyl (C=O) groups excluding carboxylic acids is 1. The van der Waals surface area contributed by atoms with Crippen molar-refractivity contribution >= 4 is 17.4 Å². The molecule has 0 aliphatic heterocycles. The quantitative estimate of drug-likeness (QED) is 0.134. The van der Waals surface area contributed by atoms with Crippen molar-refractivity contribution in [3.8, 4) is 17.3 Å². The number of ketones is 1. The average molecular weight is 446 g/mol. The van der Waals surface area contributed by atoms with Crippen LogP contribution in [0.5, 0.6) is 0 Å². The number of pyridine rings is 1. The summed E-state index contributed by atoms with van der Waals surface area (Å²) in [6, 6.07) is 29.1. The largest absolute Gasteiger partial charge is 0.324 e. The van der Waals surface area contributed by atoms with E-state index < -0.39 is 0 Å². The zero-order chi connectivity index (χ0) is 23.6. The van der Waals surface area contributed by atoms with Gasteiger partial charge in [-0.3, -0.25) is 15.1 Å². The van der Waals surface area contributed by atoms with Crippen molar-refractivity contribution in [3.63, 3.8) is 0 Å². The molecule has 0 atom stereocenters. The summed E-state index contributed by atoms with van der Waals surface area (Å²) in [5.74, 6) is 0.386. The van der Waals surface area contributed by atoms with Crippen LogP contribution in [0, 0.1) is 11.5 Å². The highest BCUT2D eigenvalue weighted by Gasteiger charge is 2.11. The van der Waals surface area contributed by atoms with Crippen molar-refractivity contribution in [1.29, 1.82) is 5.26 Å². The third-order valence-electron chi connectivity index (χ3n) is 5.25. The second-order valence-electron chi connectivity index (χ2n) is 7.59. The maximum absolute atomic E-state index is 13.0. The number of anilines is 1. The van der Waals surface area contributed by atoms with Gasteiger partial charge >= 0.3 is 0 Å². The summed E-state index contributed by atoms with van der Waals surface area (Å²) < 4.78 is 0. The van der Waals surface area contributed by atoms with E-state index in [1.165, 1.54) is 0 Å². The van der Waals surface area contributed by atoms with Crippen LogP contribution in [-0.2, 0) is 13.0 Å². The number of carbonyl (C=O) groups is 1. The molecule has 6 heteroatoms. The summed E-state index contributed by atoms with van der Waals surface area (Å²) in [6.07, 6.45) is 5.52. The summed E-state index contributed by atoms with van der Waals surface area (Å²) in [7, 11) is 0. The number of rotatable bonds is 7. The number of aliphatic imine (C=N–C) groups is 1. The molecule has 0 aliphatic rings. The molecule has 0 aliphatic carbocycles. The molecule has 6 nitrogen and oxygen atoms in total. The lowest BCUT2D eigenvalue weighted by Gasteiger charge is -2.10. The number of Topliss-reactive ketones (excluding diaryl/α,β-unsaturated/α-hetero) is 1. The van der Waals surface area contributed by atoms with E-state index >= 15 is 0 Å². The second kappa shape index (κ2) is 11.2. The molecule has 34 heavy (non-hydrogen) atoms. The van der Waals surface area contributed by atoms with Crippen LogP contribution in [0.3, 0.4) is 0 Å². The topological polar surface area (TPSA) is 90.2 Å². The van der Waals surface area contributed by atoms with Crippen molar-refractivity contribution in [2.24, 2.45) is 4.99 Å². The average Bonchev–Trinajstić information content (AvgIpc) is 2.89. The van der Waals surface area contributed by atoms with Gasteiger partial charge in [-0.1, -0.05) is 78.9 Å². The summed E-state index contributed by atoms with van der Waals surface area (Å²) >= 11 is 0. The Hall–Kier alpha value is -4.76. The van der Waals surface area contributed by atoms with Crippen LogP contribution < -0.4 is 10.6 Å². The first-order valence-corrected chi connectivity index (χ1v) is 10.8. The molecule has 3 aromatic carbocycles. The van der Waals surface area contributed by atoms with E-state index in [9.17, 15) is 4.79 Å². The summed E-state index contributed by atoms with van der Waals surface area (Å²) in [5.41, 5.74) is 5.47. The third-order valence-corrected chi connectivity index (χ3v) is 5.25. The van der Waals surface area contributed by atoms with Gasteiger partial charge in [0.05, 0.1) is 18.4 Å². The van der Waals surface area contributed by atoms with Crippen LogP contribution in [0.25, 0.3) is 11.1 Å². The SMILES string of the molecule is N#CNC(=NCc1ccc(C(=O)Cc2ccccc2-c2ccccc2)cc1)Nc1cccnc1. The Balaban J connectivity index is 1.43. The fourth-order valence-corrected chi connectivity index (χ4v) is 3.55. The first-order valence-electron chi connectivity index (χ1n) is 10.8. The molecule has 0 saturated heterocycles.